The minimum Gasteiger partial charge on any atom is -0.350 e. The molecule has 0 spiro atoms. The number of hydrogen-bond donors (Lipinski definition) is 2. The summed E-state index contributed by atoms with van der Waals surface area (Å²) < 4.78 is 0. The molecule has 0 bridgehead atoms. The number of carbonyl (C=O) groups excluding carboxylic acids is 2. The molecule has 1 aliphatic heterocycles. The fraction of sp³-hybridized carbons (Fsp3) is 0.393. The van der Waals surface area contributed by atoms with Gasteiger partial charge in [-0.05, 0) is 67.0 Å². The molecule has 3 aromatic rings. The fourth-order valence-corrected chi connectivity index (χ4v) is 5.04. The molecule has 6 heteroatoms. The van der Waals surface area contributed by atoms with Gasteiger partial charge in [-0.1, -0.05) is 39.0 Å². The SMILES string of the molecule is CC[C@@H](C)NC(=O)c1ccc(CN2Cc3cc(-c4n[nH]c5c4CC(C)(C)C5)ccc3C2=O)cc1. The van der Waals surface area contributed by atoms with Gasteiger partial charge >= 0.3 is 0 Å². The molecule has 1 aromatic heterocycles. The number of amides is 2. The minimum atomic E-state index is -0.0636. The minimum absolute atomic E-state index is 0.0496. The number of carbonyl (C=O) groups is 2. The molecular formula is C28H32N4O2. The van der Waals surface area contributed by atoms with Crippen LogP contribution in [0.1, 0.15) is 77.2 Å². The third-order valence-electron chi connectivity index (χ3n) is 7.10. The summed E-state index contributed by atoms with van der Waals surface area (Å²) in [5, 5.41) is 10.8. The average molecular weight is 457 g/mol. The lowest BCUT2D eigenvalue weighted by Crippen LogP contribution is -2.31. The van der Waals surface area contributed by atoms with Crippen LogP contribution in [0.15, 0.2) is 42.5 Å². The zero-order valence-corrected chi connectivity index (χ0v) is 20.4. The maximum Gasteiger partial charge on any atom is 0.254 e. The molecular weight excluding hydrogens is 424 g/mol. The summed E-state index contributed by atoms with van der Waals surface area (Å²) in [4.78, 5) is 27.2. The summed E-state index contributed by atoms with van der Waals surface area (Å²) in [6.45, 7) is 9.71. The van der Waals surface area contributed by atoms with Gasteiger partial charge in [0.15, 0.2) is 0 Å². The molecule has 1 atom stereocenters. The highest BCUT2D eigenvalue weighted by molar-refractivity contribution is 5.99. The second kappa shape index (κ2) is 8.42. The Morgan fingerprint density at radius 2 is 1.94 bits per heavy atom. The smallest absolute Gasteiger partial charge is 0.254 e. The first-order valence-electron chi connectivity index (χ1n) is 12.1. The third-order valence-corrected chi connectivity index (χ3v) is 7.10. The van der Waals surface area contributed by atoms with Crippen LogP contribution in [-0.2, 0) is 25.9 Å². The van der Waals surface area contributed by atoms with Gasteiger partial charge in [-0.15, -0.1) is 0 Å². The van der Waals surface area contributed by atoms with Crippen LogP contribution in [0.25, 0.3) is 11.3 Å². The Morgan fingerprint density at radius 3 is 2.68 bits per heavy atom. The van der Waals surface area contributed by atoms with Crippen molar-refractivity contribution in [3.8, 4) is 11.3 Å². The van der Waals surface area contributed by atoms with E-state index in [2.05, 4.69) is 35.4 Å². The number of hydrogen-bond acceptors (Lipinski definition) is 3. The van der Waals surface area contributed by atoms with E-state index in [1.54, 1.807) is 0 Å². The van der Waals surface area contributed by atoms with Gasteiger partial charge in [-0.3, -0.25) is 14.7 Å². The molecule has 34 heavy (non-hydrogen) atoms. The van der Waals surface area contributed by atoms with Crippen molar-refractivity contribution in [2.45, 2.75) is 66.1 Å². The predicted molar refractivity (Wildman–Crippen MR) is 132 cm³/mol. The van der Waals surface area contributed by atoms with Crippen molar-refractivity contribution in [3.63, 3.8) is 0 Å². The summed E-state index contributed by atoms with van der Waals surface area (Å²) in [5.41, 5.74) is 8.34. The first-order chi connectivity index (χ1) is 16.2. The fourth-order valence-electron chi connectivity index (χ4n) is 5.04. The Kier molecular flexibility index (Phi) is 5.54. The molecule has 2 N–H and O–H groups in total. The average Bonchev–Trinajstić information content (AvgIpc) is 3.43. The van der Waals surface area contributed by atoms with Crippen molar-refractivity contribution in [1.29, 1.82) is 0 Å². The van der Waals surface area contributed by atoms with Crippen LogP contribution in [0.3, 0.4) is 0 Å². The molecule has 1 aliphatic carbocycles. The van der Waals surface area contributed by atoms with Crippen LogP contribution in [-0.4, -0.2) is 33.0 Å². The van der Waals surface area contributed by atoms with E-state index in [-0.39, 0.29) is 23.3 Å². The van der Waals surface area contributed by atoms with Gasteiger partial charge < -0.3 is 10.2 Å². The van der Waals surface area contributed by atoms with E-state index in [4.69, 9.17) is 0 Å². The van der Waals surface area contributed by atoms with Crippen LogP contribution in [0.2, 0.25) is 0 Å². The third kappa shape index (κ3) is 4.13. The van der Waals surface area contributed by atoms with E-state index in [0.29, 0.717) is 18.7 Å². The van der Waals surface area contributed by atoms with Crippen LogP contribution in [0, 0.1) is 5.41 Å². The Bertz CT molecular complexity index is 1260. The molecule has 0 radical (unpaired) electrons. The monoisotopic (exact) mass is 456 g/mol. The van der Waals surface area contributed by atoms with Crippen LogP contribution >= 0.6 is 0 Å². The number of benzene rings is 2. The Labute approximate surface area is 200 Å². The second-order valence-corrected chi connectivity index (χ2v) is 10.6. The summed E-state index contributed by atoms with van der Waals surface area (Å²) >= 11 is 0. The molecule has 2 amide bonds. The van der Waals surface area contributed by atoms with Gasteiger partial charge in [0.1, 0.15) is 0 Å². The maximum atomic E-state index is 13.0. The molecule has 5 rings (SSSR count). The van der Waals surface area contributed by atoms with Crippen molar-refractivity contribution >= 4 is 11.8 Å². The lowest BCUT2D eigenvalue weighted by molar-refractivity contribution is 0.0766. The zero-order chi connectivity index (χ0) is 24.0. The summed E-state index contributed by atoms with van der Waals surface area (Å²) in [7, 11) is 0. The van der Waals surface area contributed by atoms with Gasteiger partial charge in [-0.2, -0.15) is 5.10 Å². The van der Waals surface area contributed by atoms with Gasteiger partial charge in [0.2, 0.25) is 0 Å². The van der Waals surface area contributed by atoms with E-state index in [0.717, 1.165) is 47.2 Å². The number of fused-ring (bicyclic) bond motifs is 2. The summed E-state index contributed by atoms with van der Waals surface area (Å²) in [6, 6.07) is 13.8. The second-order valence-electron chi connectivity index (χ2n) is 10.6. The number of nitrogens with zero attached hydrogens (tertiary/aromatic N) is 2. The molecule has 6 nitrogen and oxygen atoms in total. The highest BCUT2D eigenvalue weighted by Crippen LogP contribution is 2.40. The zero-order valence-electron chi connectivity index (χ0n) is 20.4. The number of nitrogens with one attached hydrogen (secondary N) is 2. The first kappa shape index (κ1) is 22.4. The van der Waals surface area contributed by atoms with Crippen molar-refractivity contribution in [2.24, 2.45) is 5.41 Å². The molecule has 0 unspecified atom stereocenters. The van der Waals surface area contributed by atoms with Gasteiger partial charge in [-0.25, -0.2) is 0 Å². The molecule has 0 saturated carbocycles. The highest BCUT2D eigenvalue weighted by atomic mass is 16.2. The molecule has 0 saturated heterocycles. The first-order valence-corrected chi connectivity index (χ1v) is 12.1. The maximum absolute atomic E-state index is 13.0. The van der Waals surface area contributed by atoms with Gasteiger partial charge in [0.25, 0.3) is 11.8 Å². The number of rotatable bonds is 6. The standard InChI is InChI=1S/C28H32N4O2/c1-5-17(2)29-26(33)19-8-6-18(7-9-19)15-32-16-21-12-20(10-11-22(21)27(32)34)25-23-13-28(3,4)14-24(23)30-31-25/h6-12,17H,5,13-16H2,1-4H3,(H,29,33)(H,30,31)/t17-/m1/s1. The summed E-state index contributed by atoms with van der Waals surface area (Å²) in [6.07, 6.45) is 2.93. The largest absolute Gasteiger partial charge is 0.350 e. The Hall–Kier alpha value is -3.41. The number of aromatic nitrogens is 2. The van der Waals surface area contributed by atoms with Crippen molar-refractivity contribution in [3.05, 3.63) is 76.0 Å². The molecule has 2 aromatic carbocycles. The number of aromatic amines is 1. The van der Waals surface area contributed by atoms with Gasteiger partial charge in [0, 0.05) is 47.1 Å². The van der Waals surface area contributed by atoms with E-state index < -0.39 is 0 Å². The Morgan fingerprint density at radius 1 is 1.18 bits per heavy atom. The topological polar surface area (TPSA) is 78.1 Å². The van der Waals surface area contributed by atoms with E-state index in [1.807, 2.05) is 55.1 Å². The lowest BCUT2D eigenvalue weighted by atomic mass is 9.90. The molecule has 0 fully saturated rings. The predicted octanol–water partition coefficient (Wildman–Crippen LogP) is 4.89. The molecule has 2 aliphatic rings. The number of H-pyrrole nitrogens is 1. The van der Waals surface area contributed by atoms with Gasteiger partial charge in [0.05, 0.1) is 5.69 Å². The molecule has 176 valence electrons. The Balaban J connectivity index is 1.30. The van der Waals surface area contributed by atoms with Crippen LogP contribution < -0.4 is 5.32 Å². The molecule has 2 heterocycles. The normalized spacial score (nSPS) is 16.9. The highest BCUT2D eigenvalue weighted by Gasteiger charge is 2.33. The quantitative estimate of drug-likeness (QED) is 0.555. The van der Waals surface area contributed by atoms with Crippen LogP contribution in [0.5, 0.6) is 0 Å². The van der Waals surface area contributed by atoms with E-state index in [1.165, 1.54) is 11.3 Å². The lowest BCUT2D eigenvalue weighted by Gasteiger charge is -2.16. The summed E-state index contributed by atoms with van der Waals surface area (Å²) in [5.74, 6) is -0.0140. The van der Waals surface area contributed by atoms with E-state index in [9.17, 15) is 9.59 Å². The van der Waals surface area contributed by atoms with Crippen molar-refractivity contribution in [2.75, 3.05) is 0 Å². The van der Waals surface area contributed by atoms with Crippen molar-refractivity contribution < 1.29 is 9.59 Å². The van der Waals surface area contributed by atoms with E-state index >= 15 is 0 Å². The van der Waals surface area contributed by atoms with Crippen molar-refractivity contribution in [1.82, 2.24) is 20.4 Å². The van der Waals surface area contributed by atoms with Crippen LogP contribution in [0.4, 0.5) is 0 Å².